The van der Waals surface area contributed by atoms with Gasteiger partial charge in [0.1, 0.15) is 11.5 Å². The van der Waals surface area contributed by atoms with E-state index in [0.717, 1.165) is 0 Å². The van der Waals surface area contributed by atoms with Crippen molar-refractivity contribution < 1.29 is 23.5 Å². The van der Waals surface area contributed by atoms with Crippen LogP contribution in [0.5, 0.6) is 5.75 Å². The van der Waals surface area contributed by atoms with Gasteiger partial charge in [0.2, 0.25) is 0 Å². The molecule has 2 aromatic rings. The van der Waals surface area contributed by atoms with Gasteiger partial charge in [0.15, 0.2) is 0 Å². The fourth-order valence-electron chi connectivity index (χ4n) is 1.51. The number of carbonyl (C=O) groups excluding carboxylic acids is 2. The quantitative estimate of drug-likeness (QED) is 0.301. The van der Waals surface area contributed by atoms with E-state index in [1.807, 2.05) is 0 Å². The van der Waals surface area contributed by atoms with Gasteiger partial charge in [-0.15, -0.1) is 0 Å². The highest BCUT2D eigenvalue weighted by atomic mass is 16.5. The van der Waals surface area contributed by atoms with Crippen molar-refractivity contribution in [3.63, 3.8) is 0 Å². The molecule has 0 fully saturated rings. The Balaban J connectivity index is 1.87. The van der Waals surface area contributed by atoms with Crippen molar-refractivity contribution in [1.29, 1.82) is 0 Å². The van der Waals surface area contributed by atoms with Crippen LogP contribution in [0.1, 0.15) is 11.3 Å². The van der Waals surface area contributed by atoms with Crippen LogP contribution in [0.4, 0.5) is 4.79 Å². The lowest BCUT2D eigenvalue weighted by Crippen LogP contribution is -2.16. The molecule has 0 aliphatic rings. The maximum absolute atomic E-state index is 11.6. The molecule has 0 radical (unpaired) electrons. The number of furan rings is 1. The summed E-state index contributed by atoms with van der Waals surface area (Å²) in [4.78, 5) is 22.4. The van der Waals surface area contributed by atoms with Crippen molar-refractivity contribution in [3.8, 4) is 5.75 Å². The van der Waals surface area contributed by atoms with Crippen LogP contribution >= 0.6 is 0 Å². The number of hydrogen-bond donors (Lipinski definition) is 1. The van der Waals surface area contributed by atoms with E-state index in [1.54, 1.807) is 36.4 Å². The van der Waals surface area contributed by atoms with Crippen LogP contribution in [0.3, 0.4) is 0 Å². The zero-order valence-corrected chi connectivity index (χ0v) is 12.3. The maximum atomic E-state index is 11.6. The van der Waals surface area contributed by atoms with Gasteiger partial charge in [0, 0.05) is 6.08 Å². The topological polar surface area (TPSA) is 90.1 Å². The van der Waals surface area contributed by atoms with Gasteiger partial charge in [0.05, 0.1) is 19.6 Å². The first-order valence-corrected chi connectivity index (χ1v) is 6.58. The average molecular weight is 314 g/mol. The Morgan fingerprint density at radius 2 is 2.00 bits per heavy atom. The summed E-state index contributed by atoms with van der Waals surface area (Å²) in [6.45, 7) is 0. The second-order valence-corrected chi connectivity index (χ2v) is 4.20. The minimum Gasteiger partial charge on any atom is -0.465 e. The van der Waals surface area contributed by atoms with E-state index < -0.39 is 12.1 Å². The van der Waals surface area contributed by atoms with Crippen molar-refractivity contribution in [2.24, 2.45) is 5.10 Å². The van der Waals surface area contributed by atoms with Crippen LogP contribution in [-0.2, 0) is 9.53 Å². The number of methoxy groups -OCH3 is 1. The standard InChI is InChI=1S/C16H14N2O5/c1-21-16(20)18-17-11-12-4-6-14(7-5-12)23-15(19)9-8-13-3-2-10-22-13/h2-11H,1H3,(H,18,20)/b9-8+,17-11+. The molecule has 1 amide bonds. The van der Waals surface area contributed by atoms with Gasteiger partial charge < -0.3 is 13.9 Å². The van der Waals surface area contributed by atoms with Gasteiger partial charge in [0.25, 0.3) is 0 Å². The lowest BCUT2D eigenvalue weighted by molar-refractivity contribution is -0.128. The van der Waals surface area contributed by atoms with E-state index in [0.29, 0.717) is 17.1 Å². The molecule has 1 aromatic carbocycles. The summed E-state index contributed by atoms with van der Waals surface area (Å²) in [6.07, 6.45) is 5.07. The summed E-state index contributed by atoms with van der Waals surface area (Å²) in [6, 6.07) is 10.0. The van der Waals surface area contributed by atoms with Crippen LogP contribution in [0.2, 0.25) is 0 Å². The van der Waals surface area contributed by atoms with Crippen molar-refractivity contribution in [2.75, 3.05) is 7.11 Å². The smallest absolute Gasteiger partial charge is 0.427 e. The molecular formula is C16H14N2O5. The molecule has 0 aliphatic carbocycles. The van der Waals surface area contributed by atoms with E-state index in [9.17, 15) is 9.59 Å². The number of carbonyl (C=O) groups is 2. The minimum absolute atomic E-state index is 0.386. The molecular weight excluding hydrogens is 300 g/mol. The molecule has 0 atom stereocenters. The predicted molar refractivity (Wildman–Crippen MR) is 83.0 cm³/mol. The van der Waals surface area contributed by atoms with Gasteiger partial charge in [-0.3, -0.25) is 0 Å². The Morgan fingerprint density at radius 1 is 1.22 bits per heavy atom. The molecule has 23 heavy (non-hydrogen) atoms. The van der Waals surface area contributed by atoms with Gasteiger partial charge in [-0.2, -0.15) is 5.10 Å². The molecule has 1 N–H and O–H groups in total. The number of amides is 1. The maximum Gasteiger partial charge on any atom is 0.427 e. The van der Waals surface area contributed by atoms with Gasteiger partial charge in [-0.1, -0.05) is 0 Å². The summed E-state index contributed by atoms with van der Waals surface area (Å²) in [5.41, 5.74) is 2.88. The van der Waals surface area contributed by atoms with Crippen molar-refractivity contribution in [3.05, 3.63) is 60.1 Å². The van der Waals surface area contributed by atoms with Crippen LogP contribution in [0.15, 0.2) is 58.3 Å². The number of ether oxygens (including phenoxy) is 2. The number of rotatable bonds is 5. The Hall–Kier alpha value is -3.35. The normalized spacial score (nSPS) is 10.8. The van der Waals surface area contributed by atoms with Crippen molar-refractivity contribution >= 4 is 24.4 Å². The van der Waals surface area contributed by atoms with E-state index in [1.165, 1.54) is 31.7 Å². The van der Waals surface area contributed by atoms with Crippen LogP contribution in [0.25, 0.3) is 6.08 Å². The number of nitrogens with one attached hydrogen (secondary N) is 1. The monoisotopic (exact) mass is 314 g/mol. The van der Waals surface area contributed by atoms with Crippen molar-refractivity contribution in [1.82, 2.24) is 5.43 Å². The summed E-state index contributed by atoms with van der Waals surface area (Å²) in [5.74, 6) is 0.430. The van der Waals surface area contributed by atoms with Crippen molar-refractivity contribution in [2.45, 2.75) is 0 Å². The van der Waals surface area contributed by atoms with Gasteiger partial charge >= 0.3 is 12.1 Å². The molecule has 118 valence electrons. The third-order valence-corrected chi connectivity index (χ3v) is 2.58. The molecule has 2 rings (SSSR count). The Kier molecular flexibility index (Phi) is 5.70. The van der Waals surface area contributed by atoms with E-state index in [4.69, 9.17) is 9.15 Å². The Bertz CT molecular complexity index is 703. The SMILES string of the molecule is COC(=O)N/N=C/c1ccc(OC(=O)/C=C/c2ccco2)cc1. The Morgan fingerprint density at radius 3 is 2.65 bits per heavy atom. The summed E-state index contributed by atoms with van der Waals surface area (Å²) in [5, 5.41) is 3.68. The molecule has 0 saturated carbocycles. The highest BCUT2D eigenvalue weighted by Crippen LogP contribution is 2.12. The second-order valence-electron chi connectivity index (χ2n) is 4.20. The number of hydrazone groups is 1. The summed E-state index contributed by atoms with van der Waals surface area (Å²) >= 11 is 0. The third-order valence-electron chi connectivity index (χ3n) is 2.58. The molecule has 1 aromatic heterocycles. The highest BCUT2D eigenvalue weighted by Gasteiger charge is 2.01. The third kappa shape index (κ3) is 5.50. The first-order chi connectivity index (χ1) is 11.2. The van der Waals surface area contributed by atoms with E-state index in [2.05, 4.69) is 15.3 Å². The number of esters is 1. The van der Waals surface area contributed by atoms with Crippen LogP contribution in [-0.4, -0.2) is 25.4 Å². The van der Waals surface area contributed by atoms with Gasteiger partial charge in [-0.25, -0.2) is 15.0 Å². The summed E-state index contributed by atoms with van der Waals surface area (Å²) < 4.78 is 14.6. The minimum atomic E-state index is -0.657. The number of nitrogens with zero attached hydrogens (tertiary/aromatic N) is 1. The first-order valence-electron chi connectivity index (χ1n) is 6.58. The fourth-order valence-corrected chi connectivity index (χ4v) is 1.51. The first kappa shape index (κ1) is 16.0. The molecule has 0 saturated heterocycles. The van der Waals surface area contributed by atoms with Crippen LogP contribution in [0, 0.1) is 0 Å². The number of hydrogen-bond acceptors (Lipinski definition) is 6. The zero-order valence-electron chi connectivity index (χ0n) is 12.3. The lowest BCUT2D eigenvalue weighted by Gasteiger charge is -2.01. The molecule has 7 heteroatoms. The molecule has 0 bridgehead atoms. The predicted octanol–water partition coefficient (Wildman–Crippen LogP) is 2.59. The molecule has 0 unspecified atom stereocenters. The average Bonchev–Trinajstić information content (AvgIpc) is 3.08. The molecule has 0 spiro atoms. The molecule has 0 aliphatic heterocycles. The number of benzene rings is 1. The Labute approximate surface area is 132 Å². The lowest BCUT2D eigenvalue weighted by atomic mass is 10.2. The molecule has 7 nitrogen and oxygen atoms in total. The second kappa shape index (κ2) is 8.18. The van der Waals surface area contributed by atoms with E-state index >= 15 is 0 Å². The zero-order chi connectivity index (χ0) is 16.5. The highest BCUT2D eigenvalue weighted by molar-refractivity contribution is 5.88. The molecule has 1 heterocycles. The van der Waals surface area contributed by atoms with Crippen LogP contribution < -0.4 is 10.2 Å². The largest absolute Gasteiger partial charge is 0.465 e. The summed E-state index contributed by atoms with van der Waals surface area (Å²) in [7, 11) is 1.24. The van der Waals surface area contributed by atoms with Gasteiger partial charge in [-0.05, 0) is 48.0 Å². The van der Waals surface area contributed by atoms with E-state index in [-0.39, 0.29) is 0 Å². The fraction of sp³-hybridized carbons (Fsp3) is 0.0625.